The van der Waals surface area contributed by atoms with Crippen LogP contribution in [0.25, 0.3) is 10.9 Å². The Bertz CT molecular complexity index is 643. The number of aryl methyl sites for hydroxylation is 2. The van der Waals surface area contributed by atoms with E-state index < -0.39 is 0 Å². The molecule has 100 valence electrons. The van der Waals surface area contributed by atoms with Gasteiger partial charge in [0.25, 0.3) is 5.91 Å². The van der Waals surface area contributed by atoms with E-state index in [0.29, 0.717) is 5.56 Å². The van der Waals surface area contributed by atoms with Crippen molar-refractivity contribution in [2.45, 2.75) is 13.8 Å². The summed E-state index contributed by atoms with van der Waals surface area (Å²) >= 11 is 0. The van der Waals surface area contributed by atoms with Crippen LogP contribution in [0.4, 0.5) is 0 Å². The third kappa shape index (κ3) is 2.59. The molecule has 5 heteroatoms. The molecular weight excluding hydrogens is 242 g/mol. The van der Waals surface area contributed by atoms with Crippen molar-refractivity contribution in [2.24, 2.45) is 0 Å². The first kappa shape index (κ1) is 13.1. The molecule has 2 aromatic rings. The fourth-order valence-electron chi connectivity index (χ4n) is 1.95. The zero-order chi connectivity index (χ0) is 14.0. The maximum Gasteiger partial charge on any atom is 0.251 e. The molecule has 0 fully saturated rings. The highest BCUT2D eigenvalue weighted by Gasteiger charge is 2.10. The molecule has 19 heavy (non-hydrogen) atoms. The number of rotatable bonds is 3. The first-order valence-electron chi connectivity index (χ1n) is 6.10. The summed E-state index contributed by atoms with van der Waals surface area (Å²) in [5, 5.41) is 6.07. The van der Waals surface area contributed by atoms with E-state index >= 15 is 0 Å². The highest BCUT2D eigenvalue weighted by molar-refractivity contribution is 6.00. The molecule has 0 aliphatic heterocycles. The van der Waals surface area contributed by atoms with Crippen molar-refractivity contribution in [2.75, 3.05) is 13.6 Å². The highest BCUT2D eigenvalue weighted by atomic mass is 16.2. The zero-order valence-electron chi connectivity index (χ0n) is 11.3. The van der Waals surface area contributed by atoms with Gasteiger partial charge in [-0.1, -0.05) is 0 Å². The number of hydrogen-bond acceptors (Lipinski definition) is 2. The molecule has 1 aromatic heterocycles. The summed E-state index contributed by atoms with van der Waals surface area (Å²) in [6, 6.07) is 5.47. The van der Waals surface area contributed by atoms with Crippen LogP contribution in [-0.2, 0) is 4.79 Å². The first-order valence-corrected chi connectivity index (χ1v) is 6.10. The molecular formula is C14H17N3O2. The molecule has 1 heterocycles. The maximum absolute atomic E-state index is 11.9. The molecule has 0 atom stereocenters. The van der Waals surface area contributed by atoms with Crippen molar-refractivity contribution in [3.8, 4) is 0 Å². The van der Waals surface area contributed by atoms with Crippen molar-refractivity contribution >= 4 is 22.7 Å². The van der Waals surface area contributed by atoms with Crippen LogP contribution in [-0.4, -0.2) is 30.4 Å². The molecule has 0 saturated heterocycles. The molecule has 0 spiro atoms. The van der Waals surface area contributed by atoms with Gasteiger partial charge in [0.15, 0.2) is 0 Å². The third-order valence-corrected chi connectivity index (χ3v) is 3.26. The van der Waals surface area contributed by atoms with E-state index in [1.165, 1.54) is 7.05 Å². The van der Waals surface area contributed by atoms with Crippen molar-refractivity contribution in [3.05, 3.63) is 35.0 Å². The lowest BCUT2D eigenvalue weighted by Crippen LogP contribution is -2.35. The van der Waals surface area contributed by atoms with Gasteiger partial charge in [0, 0.05) is 29.2 Å². The molecule has 0 bridgehead atoms. The molecule has 0 aliphatic carbocycles. The number of nitrogens with one attached hydrogen (secondary N) is 3. The van der Waals surface area contributed by atoms with E-state index in [-0.39, 0.29) is 18.4 Å². The third-order valence-electron chi connectivity index (χ3n) is 3.26. The summed E-state index contributed by atoms with van der Waals surface area (Å²) in [7, 11) is 1.53. The molecule has 2 amide bonds. The van der Waals surface area contributed by atoms with Gasteiger partial charge in [-0.15, -0.1) is 0 Å². The largest absolute Gasteiger partial charge is 0.358 e. The Morgan fingerprint density at radius 1 is 1.26 bits per heavy atom. The summed E-state index contributed by atoms with van der Waals surface area (Å²) in [6.45, 7) is 4.00. The van der Waals surface area contributed by atoms with E-state index in [2.05, 4.69) is 15.6 Å². The number of carbonyl (C=O) groups is 2. The molecule has 1 aromatic carbocycles. The van der Waals surface area contributed by atoms with Crippen LogP contribution in [0, 0.1) is 13.8 Å². The summed E-state index contributed by atoms with van der Waals surface area (Å²) in [6.07, 6.45) is 0. The van der Waals surface area contributed by atoms with E-state index in [9.17, 15) is 9.59 Å². The van der Waals surface area contributed by atoms with Crippen molar-refractivity contribution in [1.29, 1.82) is 0 Å². The standard InChI is InChI=1S/C14H17N3O2/c1-8-9(2)17-12-5-4-10(6-11(8)12)14(19)16-7-13(18)15-3/h4-6,17H,7H2,1-3H3,(H,15,18)(H,16,19). The molecule has 0 unspecified atom stereocenters. The smallest absolute Gasteiger partial charge is 0.251 e. The minimum atomic E-state index is -0.247. The lowest BCUT2D eigenvalue weighted by Gasteiger charge is -2.04. The number of likely N-dealkylation sites (N-methyl/N-ethyl adjacent to an activating group) is 1. The summed E-state index contributed by atoms with van der Waals surface area (Å²) in [4.78, 5) is 26.3. The van der Waals surface area contributed by atoms with Crippen LogP contribution in [0.2, 0.25) is 0 Å². The number of hydrogen-bond donors (Lipinski definition) is 3. The number of benzene rings is 1. The summed E-state index contributed by atoms with van der Waals surface area (Å²) in [5.41, 5.74) is 3.80. The second kappa shape index (κ2) is 5.14. The second-order valence-electron chi connectivity index (χ2n) is 4.49. The second-order valence-corrected chi connectivity index (χ2v) is 4.49. The normalized spacial score (nSPS) is 10.5. The van der Waals surface area contributed by atoms with E-state index in [1.54, 1.807) is 6.07 Å². The highest BCUT2D eigenvalue weighted by Crippen LogP contribution is 2.22. The number of aromatic amines is 1. The average Bonchev–Trinajstić information content (AvgIpc) is 2.70. The van der Waals surface area contributed by atoms with Gasteiger partial charge in [0.05, 0.1) is 6.54 Å². The Labute approximate surface area is 111 Å². The Morgan fingerprint density at radius 3 is 2.68 bits per heavy atom. The van der Waals surface area contributed by atoms with Gasteiger partial charge >= 0.3 is 0 Å². The molecule has 3 N–H and O–H groups in total. The lowest BCUT2D eigenvalue weighted by molar-refractivity contribution is -0.119. The maximum atomic E-state index is 11.9. The van der Waals surface area contributed by atoms with E-state index in [1.807, 2.05) is 26.0 Å². The number of fused-ring (bicyclic) bond motifs is 1. The minimum Gasteiger partial charge on any atom is -0.358 e. The van der Waals surface area contributed by atoms with Gasteiger partial charge in [0.2, 0.25) is 5.91 Å². The number of carbonyl (C=O) groups excluding carboxylic acids is 2. The van der Waals surface area contributed by atoms with Crippen molar-refractivity contribution < 1.29 is 9.59 Å². The first-order chi connectivity index (χ1) is 9.02. The topological polar surface area (TPSA) is 74.0 Å². The van der Waals surface area contributed by atoms with Crippen molar-refractivity contribution in [1.82, 2.24) is 15.6 Å². The van der Waals surface area contributed by atoms with Gasteiger partial charge in [-0.25, -0.2) is 0 Å². The van der Waals surface area contributed by atoms with E-state index in [4.69, 9.17) is 0 Å². The van der Waals surface area contributed by atoms with Crippen LogP contribution in [0.5, 0.6) is 0 Å². The van der Waals surface area contributed by atoms with Crippen LogP contribution < -0.4 is 10.6 Å². The number of aromatic nitrogens is 1. The zero-order valence-corrected chi connectivity index (χ0v) is 11.3. The molecule has 2 rings (SSSR count). The van der Waals surface area contributed by atoms with Gasteiger partial charge in [-0.05, 0) is 37.6 Å². The van der Waals surface area contributed by atoms with E-state index in [0.717, 1.165) is 22.2 Å². The van der Waals surface area contributed by atoms with Gasteiger partial charge in [-0.3, -0.25) is 9.59 Å². The Morgan fingerprint density at radius 2 is 2.00 bits per heavy atom. The summed E-state index contributed by atoms with van der Waals surface area (Å²) < 4.78 is 0. The Kier molecular flexibility index (Phi) is 3.55. The molecule has 0 aliphatic rings. The van der Waals surface area contributed by atoms with Crippen LogP contribution >= 0.6 is 0 Å². The van der Waals surface area contributed by atoms with Gasteiger partial charge < -0.3 is 15.6 Å². The average molecular weight is 259 g/mol. The van der Waals surface area contributed by atoms with Crippen LogP contribution in [0.15, 0.2) is 18.2 Å². The summed E-state index contributed by atoms with van der Waals surface area (Å²) in [5.74, 6) is -0.466. The predicted molar refractivity (Wildman–Crippen MR) is 74.2 cm³/mol. The molecule has 0 radical (unpaired) electrons. The van der Waals surface area contributed by atoms with Gasteiger partial charge in [0.1, 0.15) is 0 Å². The predicted octanol–water partition coefficient (Wildman–Crippen LogP) is 1.26. The van der Waals surface area contributed by atoms with Gasteiger partial charge in [-0.2, -0.15) is 0 Å². The number of H-pyrrole nitrogens is 1. The minimum absolute atomic E-state index is 0.0154. The van der Waals surface area contributed by atoms with Crippen LogP contribution in [0.1, 0.15) is 21.6 Å². The fourth-order valence-corrected chi connectivity index (χ4v) is 1.95. The fraction of sp³-hybridized carbons (Fsp3) is 0.286. The molecule has 0 saturated carbocycles. The Balaban J connectivity index is 2.23. The number of amides is 2. The van der Waals surface area contributed by atoms with Crippen molar-refractivity contribution in [3.63, 3.8) is 0 Å². The van der Waals surface area contributed by atoms with Crippen LogP contribution in [0.3, 0.4) is 0 Å². The SMILES string of the molecule is CNC(=O)CNC(=O)c1ccc2[nH]c(C)c(C)c2c1. The monoisotopic (exact) mass is 259 g/mol. The Hall–Kier alpha value is -2.30. The molecule has 5 nitrogen and oxygen atoms in total. The quantitative estimate of drug-likeness (QED) is 0.776. The lowest BCUT2D eigenvalue weighted by atomic mass is 10.1.